The van der Waals surface area contributed by atoms with Gasteiger partial charge in [0, 0.05) is 50.6 Å². The van der Waals surface area contributed by atoms with Gasteiger partial charge in [0.25, 0.3) is 0 Å². The molecule has 0 atom stereocenters. The Bertz CT molecular complexity index is 750. The SMILES string of the molecule is CCNC(=NCc1nc(-c2ccccc2)cs1)N1CCN(C(C)=O)CC1. The molecular weight excluding hydrogens is 346 g/mol. The number of hydrogen-bond acceptors (Lipinski definition) is 4. The molecule has 1 amide bonds. The van der Waals surface area contributed by atoms with Gasteiger partial charge in [0.15, 0.2) is 5.96 Å². The molecule has 1 aromatic heterocycles. The summed E-state index contributed by atoms with van der Waals surface area (Å²) in [4.78, 5) is 25.1. The molecule has 1 fully saturated rings. The number of aliphatic imine (C=N–C) groups is 1. The molecule has 2 heterocycles. The lowest BCUT2D eigenvalue weighted by Crippen LogP contribution is -2.53. The van der Waals surface area contributed by atoms with Crippen LogP contribution in [0.15, 0.2) is 40.7 Å². The van der Waals surface area contributed by atoms with Crippen LogP contribution < -0.4 is 5.32 Å². The molecule has 26 heavy (non-hydrogen) atoms. The van der Waals surface area contributed by atoms with E-state index in [0.29, 0.717) is 6.54 Å². The average Bonchev–Trinajstić information content (AvgIpc) is 3.15. The Kier molecular flexibility index (Phi) is 6.22. The van der Waals surface area contributed by atoms with E-state index >= 15 is 0 Å². The van der Waals surface area contributed by atoms with Crippen molar-refractivity contribution in [1.29, 1.82) is 0 Å². The van der Waals surface area contributed by atoms with E-state index in [1.165, 1.54) is 0 Å². The van der Waals surface area contributed by atoms with E-state index in [-0.39, 0.29) is 5.91 Å². The maximum Gasteiger partial charge on any atom is 0.219 e. The Balaban J connectivity index is 1.65. The van der Waals surface area contributed by atoms with Gasteiger partial charge in [0.05, 0.1) is 12.2 Å². The van der Waals surface area contributed by atoms with E-state index in [2.05, 4.69) is 34.7 Å². The summed E-state index contributed by atoms with van der Waals surface area (Å²) >= 11 is 1.64. The Morgan fingerprint density at radius 2 is 1.88 bits per heavy atom. The second-order valence-electron chi connectivity index (χ2n) is 6.16. The fourth-order valence-electron chi connectivity index (χ4n) is 2.93. The summed E-state index contributed by atoms with van der Waals surface area (Å²) in [5, 5.41) is 6.44. The molecule has 0 spiro atoms. The second kappa shape index (κ2) is 8.80. The zero-order valence-electron chi connectivity index (χ0n) is 15.3. The minimum Gasteiger partial charge on any atom is -0.357 e. The zero-order valence-corrected chi connectivity index (χ0v) is 16.1. The molecule has 1 aliphatic rings. The Labute approximate surface area is 158 Å². The molecule has 0 saturated carbocycles. The lowest BCUT2D eigenvalue weighted by Gasteiger charge is -2.36. The maximum atomic E-state index is 11.5. The zero-order chi connectivity index (χ0) is 18.4. The monoisotopic (exact) mass is 371 g/mol. The third kappa shape index (κ3) is 4.60. The number of piperazine rings is 1. The molecule has 0 bridgehead atoms. The van der Waals surface area contributed by atoms with E-state index in [0.717, 1.165) is 54.9 Å². The van der Waals surface area contributed by atoms with Crippen LogP contribution in [0, 0.1) is 0 Å². The largest absolute Gasteiger partial charge is 0.357 e. The van der Waals surface area contributed by atoms with Crippen LogP contribution in [0.4, 0.5) is 0 Å². The number of rotatable bonds is 4. The number of guanidine groups is 1. The molecule has 7 heteroatoms. The molecule has 0 aliphatic carbocycles. The van der Waals surface area contributed by atoms with Gasteiger partial charge in [-0.1, -0.05) is 30.3 Å². The van der Waals surface area contributed by atoms with E-state index in [9.17, 15) is 4.79 Å². The summed E-state index contributed by atoms with van der Waals surface area (Å²) in [5.74, 6) is 1.04. The minimum absolute atomic E-state index is 0.141. The van der Waals surface area contributed by atoms with Crippen molar-refractivity contribution < 1.29 is 4.79 Å². The lowest BCUT2D eigenvalue weighted by atomic mass is 10.2. The number of aromatic nitrogens is 1. The smallest absolute Gasteiger partial charge is 0.219 e. The number of hydrogen-bond donors (Lipinski definition) is 1. The predicted molar refractivity (Wildman–Crippen MR) is 106 cm³/mol. The molecule has 0 radical (unpaired) electrons. The number of nitrogens with one attached hydrogen (secondary N) is 1. The van der Waals surface area contributed by atoms with Crippen molar-refractivity contribution in [3.05, 3.63) is 40.7 Å². The first-order valence-corrected chi connectivity index (χ1v) is 9.84. The van der Waals surface area contributed by atoms with Crippen LogP contribution in [0.5, 0.6) is 0 Å². The van der Waals surface area contributed by atoms with Gasteiger partial charge >= 0.3 is 0 Å². The fourth-order valence-corrected chi connectivity index (χ4v) is 3.65. The molecule has 1 N–H and O–H groups in total. The van der Waals surface area contributed by atoms with Gasteiger partial charge in [-0.25, -0.2) is 9.98 Å². The van der Waals surface area contributed by atoms with Crippen LogP contribution in [0.2, 0.25) is 0 Å². The summed E-state index contributed by atoms with van der Waals surface area (Å²) in [6, 6.07) is 10.2. The highest BCUT2D eigenvalue weighted by Crippen LogP contribution is 2.22. The molecule has 1 aromatic carbocycles. The van der Waals surface area contributed by atoms with E-state index in [1.807, 2.05) is 23.1 Å². The second-order valence-corrected chi connectivity index (χ2v) is 7.10. The molecule has 0 unspecified atom stereocenters. The first kappa shape index (κ1) is 18.4. The van der Waals surface area contributed by atoms with Crippen LogP contribution in [0.25, 0.3) is 11.3 Å². The number of carbonyl (C=O) groups excluding carboxylic acids is 1. The summed E-state index contributed by atoms with van der Waals surface area (Å²) in [5.41, 5.74) is 2.13. The van der Waals surface area contributed by atoms with Gasteiger partial charge in [0.1, 0.15) is 5.01 Å². The van der Waals surface area contributed by atoms with Crippen molar-refractivity contribution in [3.63, 3.8) is 0 Å². The molecule has 3 rings (SSSR count). The van der Waals surface area contributed by atoms with Crippen molar-refractivity contribution in [1.82, 2.24) is 20.1 Å². The first-order chi connectivity index (χ1) is 12.7. The summed E-state index contributed by atoms with van der Waals surface area (Å²) in [7, 11) is 0. The number of thiazole rings is 1. The van der Waals surface area contributed by atoms with Crippen molar-refractivity contribution in [2.45, 2.75) is 20.4 Å². The molecule has 1 saturated heterocycles. The standard InChI is InChI=1S/C19H25N5OS/c1-3-20-19(24-11-9-23(10-12-24)15(2)25)21-13-18-22-17(14-26-18)16-7-5-4-6-8-16/h4-8,14H,3,9-13H2,1-2H3,(H,20,21). The molecule has 1 aliphatic heterocycles. The molecule has 6 nitrogen and oxygen atoms in total. The van der Waals surface area contributed by atoms with Gasteiger partial charge in [-0.15, -0.1) is 11.3 Å². The van der Waals surface area contributed by atoms with Crippen molar-refractivity contribution in [3.8, 4) is 11.3 Å². The summed E-state index contributed by atoms with van der Waals surface area (Å²) < 4.78 is 0. The van der Waals surface area contributed by atoms with Gasteiger partial charge in [-0.2, -0.15) is 0 Å². The van der Waals surface area contributed by atoms with Crippen LogP contribution in [-0.4, -0.2) is 59.4 Å². The Morgan fingerprint density at radius 3 is 2.54 bits per heavy atom. The van der Waals surface area contributed by atoms with Gasteiger partial charge < -0.3 is 15.1 Å². The van der Waals surface area contributed by atoms with Gasteiger partial charge in [-0.05, 0) is 6.92 Å². The predicted octanol–water partition coefficient (Wildman–Crippen LogP) is 2.44. The van der Waals surface area contributed by atoms with Crippen LogP contribution in [0.3, 0.4) is 0 Å². The number of nitrogens with zero attached hydrogens (tertiary/aromatic N) is 4. The normalized spacial score (nSPS) is 15.2. The van der Waals surface area contributed by atoms with Crippen molar-refractivity contribution in [2.75, 3.05) is 32.7 Å². The number of amides is 1. The van der Waals surface area contributed by atoms with E-state index in [1.54, 1.807) is 18.3 Å². The molecule has 138 valence electrons. The summed E-state index contributed by atoms with van der Waals surface area (Å²) in [6.07, 6.45) is 0. The third-order valence-electron chi connectivity index (χ3n) is 4.34. The highest BCUT2D eigenvalue weighted by Gasteiger charge is 2.20. The summed E-state index contributed by atoms with van der Waals surface area (Å²) in [6.45, 7) is 8.17. The number of carbonyl (C=O) groups is 1. The van der Waals surface area contributed by atoms with Gasteiger partial charge in [-0.3, -0.25) is 4.79 Å². The average molecular weight is 372 g/mol. The lowest BCUT2D eigenvalue weighted by molar-refractivity contribution is -0.130. The van der Waals surface area contributed by atoms with Crippen LogP contribution >= 0.6 is 11.3 Å². The Hall–Kier alpha value is -2.41. The van der Waals surface area contributed by atoms with E-state index < -0.39 is 0 Å². The van der Waals surface area contributed by atoms with Crippen molar-refractivity contribution >= 4 is 23.2 Å². The first-order valence-electron chi connectivity index (χ1n) is 8.96. The topological polar surface area (TPSA) is 60.8 Å². The van der Waals surface area contributed by atoms with Gasteiger partial charge in [0.2, 0.25) is 5.91 Å². The van der Waals surface area contributed by atoms with Crippen LogP contribution in [0.1, 0.15) is 18.9 Å². The Morgan fingerprint density at radius 1 is 1.19 bits per heavy atom. The minimum atomic E-state index is 0.141. The highest BCUT2D eigenvalue weighted by molar-refractivity contribution is 7.09. The molecule has 2 aromatic rings. The third-order valence-corrected chi connectivity index (χ3v) is 5.18. The highest BCUT2D eigenvalue weighted by atomic mass is 32.1. The quantitative estimate of drug-likeness (QED) is 0.662. The van der Waals surface area contributed by atoms with Crippen LogP contribution in [-0.2, 0) is 11.3 Å². The van der Waals surface area contributed by atoms with Crippen molar-refractivity contribution in [2.24, 2.45) is 4.99 Å². The molecular formula is C19H25N5OS. The van der Waals surface area contributed by atoms with E-state index in [4.69, 9.17) is 9.98 Å². The number of benzene rings is 1. The maximum absolute atomic E-state index is 11.5. The fraction of sp³-hybridized carbons (Fsp3) is 0.421.